The third-order valence-electron chi connectivity index (χ3n) is 4.26. The standard InChI is InChI=1S/C14H20N4OS/c1-8(2)9-3-5-10(6-4-9)12-17-13(19-18-12)11-7-20-14(15)16-11/h7-10H,3-6H2,1-2H3,(H2,15,16). The molecule has 0 bridgehead atoms. The maximum Gasteiger partial charge on any atom is 0.277 e. The zero-order chi connectivity index (χ0) is 14.1. The first kappa shape index (κ1) is 13.5. The highest BCUT2D eigenvalue weighted by Crippen LogP contribution is 2.38. The van der Waals surface area contributed by atoms with Crippen molar-refractivity contribution >= 4 is 16.5 Å². The zero-order valence-electron chi connectivity index (χ0n) is 11.9. The van der Waals surface area contributed by atoms with E-state index in [-0.39, 0.29) is 0 Å². The molecule has 1 aliphatic rings. The topological polar surface area (TPSA) is 77.8 Å². The molecule has 0 aromatic carbocycles. The summed E-state index contributed by atoms with van der Waals surface area (Å²) >= 11 is 1.39. The Morgan fingerprint density at radius 2 is 2.00 bits per heavy atom. The third kappa shape index (κ3) is 2.70. The lowest BCUT2D eigenvalue weighted by atomic mass is 9.77. The van der Waals surface area contributed by atoms with Gasteiger partial charge < -0.3 is 10.3 Å². The lowest BCUT2D eigenvalue weighted by Gasteiger charge is -2.29. The lowest BCUT2D eigenvalue weighted by Crippen LogP contribution is -2.18. The van der Waals surface area contributed by atoms with Crippen LogP contribution in [0.15, 0.2) is 9.90 Å². The van der Waals surface area contributed by atoms with E-state index in [0.29, 0.717) is 22.6 Å². The highest BCUT2D eigenvalue weighted by molar-refractivity contribution is 7.13. The van der Waals surface area contributed by atoms with Crippen molar-refractivity contribution in [3.8, 4) is 11.6 Å². The number of rotatable bonds is 3. The Kier molecular flexibility index (Phi) is 3.74. The molecule has 3 rings (SSSR count). The first-order valence-electron chi connectivity index (χ1n) is 7.18. The molecule has 0 unspecified atom stereocenters. The van der Waals surface area contributed by atoms with E-state index in [4.69, 9.17) is 10.3 Å². The van der Waals surface area contributed by atoms with Crippen LogP contribution in [0.1, 0.15) is 51.3 Å². The quantitative estimate of drug-likeness (QED) is 0.933. The van der Waals surface area contributed by atoms with E-state index < -0.39 is 0 Å². The monoisotopic (exact) mass is 292 g/mol. The van der Waals surface area contributed by atoms with Crippen LogP contribution in [0.4, 0.5) is 5.13 Å². The van der Waals surface area contributed by atoms with Crippen molar-refractivity contribution in [2.45, 2.75) is 45.4 Å². The van der Waals surface area contributed by atoms with Crippen LogP contribution in [0.25, 0.3) is 11.6 Å². The van der Waals surface area contributed by atoms with Gasteiger partial charge in [0.05, 0.1) is 0 Å². The predicted molar refractivity (Wildman–Crippen MR) is 79.4 cm³/mol. The van der Waals surface area contributed by atoms with Crippen molar-refractivity contribution in [3.63, 3.8) is 0 Å². The van der Waals surface area contributed by atoms with Gasteiger partial charge in [0, 0.05) is 11.3 Å². The van der Waals surface area contributed by atoms with Gasteiger partial charge in [-0.1, -0.05) is 19.0 Å². The van der Waals surface area contributed by atoms with Crippen molar-refractivity contribution < 1.29 is 4.52 Å². The number of nitrogens with two attached hydrogens (primary N) is 1. The summed E-state index contributed by atoms with van der Waals surface area (Å²) in [4.78, 5) is 8.67. The molecule has 1 aliphatic carbocycles. The minimum absolute atomic E-state index is 0.429. The van der Waals surface area contributed by atoms with Crippen molar-refractivity contribution in [2.75, 3.05) is 5.73 Å². The van der Waals surface area contributed by atoms with Gasteiger partial charge in [0.25, 0.3) is 5.89 Å². The molecule has 2 N–H and O–H groups in total. The molecule has 2 aromatic rings. The maximum absolute atomic E-state index is 5.63. The zero-order valence-corrected chi connectivity index (χ0v) is 12.7. The first-order chi connectivity index (χ1) is 9.63. The fourth-order valence-corrected chi connectivity index (χ4v) is 3.47. The number of nitrogen functional groups attached to an aromatic ring is 1. The number of hydrogen-bond donors (Lipinski definition) is 1. The summed E-state index contributed by atoms with van der Waals surface area (Å²) in [6, 6.07) is 0. The minimum atomic E-state index is 0.429. The average Bonchev–Trinajstić information content (AvgIpc) is 3.07. The van der Waals surface area contributed by atoms with Gasteiger partial charge in [-0.15, -0.1) is 11.3 Å². The molecule has 0 amide bonds. The Morgan fingerprint density at radius 3 is 2.60 bits per heavy atom. The molecule has 6 heteroatoms. The van der Waals surface area contributed by atoms with Crippen LogP contribution in [0.2, 0.25) is 0 Å². The number of hydrogen-bond acceptors (Lipinski definition) is 6. The van der Waals surface area contributed by atoms with Crippen LogP contribution in [0.3, 0.4) is 0 Å². The third-order valence-corrected chi connectivity index (χ3v) is 4.94. The molecule has 2 aromatic heterocycles. The molecule has 1 saturated carbocycles. The summed E-state index contributed by atoms with van der Waals surface area (Å²) < 4.78 is 5.32. The van der Waals surface area contributed by atoms with Crippen LogP contribution in [0.5, 0.6) is 0 Å². The number of anilines is 1. The number of nitrogens with zero attached hydrogens (tertiary/aromatic N) is 3. The van der Waals surface area contributed by atoms with E-state index in [9.17, 15) is 0 Å². The van der Waals surface area contributed by atoms with E-state index in [1.807, 2.05) is 5.38 Å². The second kappa shape index (κ2) is 5.52. The summed E-state index contributed by atoms with van der Waals surface area (Å²) in [6.45, 7) is 4.62. The van der Waals surface area contributed by atoms with Gasteiger partial charge in [0.15, 0.2) is 11.0 Å². The summed E-state index contributed by atoms with van der Waals surface area (Å²) in [5.41, 5.74) is 6.31. The predicted octanol–water partition coefficient (Wildman–Crippen LogP) is 3.71. The summed E-state index contributed by atoms with van der Waals surface area (Å²) in [5, 5.41) is 6.51. The Morgan fingerprint density at radius 1 is 1.25 bits per heavy atom. The molecular formula is C14H20N4OS. The highest BCUT2D eigenvalue weighted by atomic mass is 32.1. The van der Waals surface area contributed by atoms with Crippen LogP contribution < -0.4 is 5.73 Å². The number of aromatic nitrogens is 3. The molecule has 0 atom stereocenters. The Balaban J connectivity index is 1.69. The molecule has 108 valence electrons. The van der Waals surface area contributed by atoms with Crippen molar-refractivity contribution in [1.29, 1.82) is 0 Å². The van der Waals surface area contributed by atoms with Crippen molar-refractivity contribution in [1.82, 2.24) is 15.1 Å². The highest BCUT2D eigenvalue weighted by Gasteiger charge is 2.27. The van der Waals surface area contributed by atoms with E-state index in [1.165, 1.54) is 24.2 Å². The van der Waals surface area contributed by atoms with Crippen molar-refractivity contribution in [3.05, 3.63) is 11.2 Å². The fraction of sp³-hybridized carbons (Fsp3) is 0.643. The van der Waals surface area contributed by atoms with Gasteiger partial charge >= 0.3 is 0 Å². The van der Waals surface area contributed by atoms with Crippen LogP contribution >= 0.6 is 11.3 Å². The second-order valence-electron chi connectivity index (χ2n) is 5.88. The van der Waals surface area contributed by atoms with Crippen molar-refractivity contribution in [2.24, 2.45) is 11.8 Å². The second-order valence-corrected chi connectivity index (χ2v) is 6.77. The van der Waals surface area contributed by atoms with Crippen LogP contribution in [0, 0.1) is 11.8 Å². The lowest BCUT2D eigenvalue weighted by molar-refractivity contribution is 0.252. The molecule has 2 heterocycles. The molecule has 1 fully saturated rings. The summed E-state index contributed by atoms with van der Waals surface area (Å²) in [6.07, 6.45) is 4.83. The Hall–Kier alpha value is -1.43. The summed E-state index contributed by atoms with van der Waals surface area (Å²) in [5.74, 6) is 3.36. The Bertz CT molecular complexity index is 569. The van der Waals surface area contributed by atoms with Crippen LogP contribution in [-0.4, -0.2) is 15.1 Å². The molecule has 20 heavy (non-hydrogen) atoms. The van der Waals surface area contributed by atoms with Gasteiger partial charge in [-0.05, 0) is 37.5 Å². The SMILES string of the molecule is CC(C)C1CCC(c2noc(-c3csc(N)n3)n2)CC1. The smallest absolute Gasteiger partial charge is 0.277 e. The largest absolute Gasteiger partial charge is 0.375 e. The van der Waals surface area contributed by atoms with Gasteiger partial charge in [0.1, 0.15) is 5.69 Å². The molecular weight excluding hydrogens is 272 g/mol. The minimum Gasteiger partial charge on any atom is -0.375 e. The van der Waals surface area contributed by atoms with Gasteiger partial charge in [-0.2, -0.15) is 4.98 Å². The average molecular weight is 292 g/mol. The molecule has 0 radical (unpaired) electrons. The van der Waals surface area contributed by atoms with E-state index in [0.717, 1.165) is 30.5 Å². The molecule has 5 nitrogen and oxygen atoms in total. The molecule has 0 aliphatic heterocycles. The first-order valence-corrected chi connectivity index (χ1v) is 8.06. The van der Waals surface area contributed by atoms with Gasteiger partial charge in [-0.25, -0.2) is 4.98 Å². The van der Waals surface area contributed by atoms with E-state index >= 15 is 0 Å². The van der Waals surface area contributed by atoms with Gasteiger partial charge in [0.2, 0.25) is 0 Å². The van der Waals surface area contributed by atoms with Crippen LogP contribution in [-0.2, 0) is 0 Å². The summed E-state index contributed by atoms with van der Waals surface area (Å²) in [7, 11) is 0. The Labute approximate surface area is 122 Å². The van der Waals surface area contributed by atoms with E-state index in [1.54, 1.807) is 0 Å². The van der Waals surface area contributed by atoms with Gasteiger partial charge in [-0.3, -0.25) is 0 Å². The normalized spacial score (nSPS) is 23.4. The maximum atomic E-state index is 5.63. The fourth-order valence-electron chi connectivity index (χ4n) is 2.93. The number of thiazole rings is 1. The molecule has 0 saturated heterocycles. The van der Waals surface area contributed by atoms with E-state index in [2.05, 4.69) is 29.0 Å². The molecule has 0 spiro atoms.